The van der Waals surface area contributed by atoms with Gasteiger partial charge in [-0.2, -0.15) is 13.5 Å². The fraction of sp³-hybridized carbons (Fsp3) is 0.458. The number of carbonyl (C=O) groups is 1. The number of Topliss-reactive ketones (excluding diaryl/α,β-unsaturated/α-hetero) is 1. The van der Waals surface area contributed by atoms with Gasteiger partial charge in [0.25, 0.3) is 0 Å². The van der Waals surface area contributed by atoms with Crippen LogP contribution < -0.4 is 0 Å². The summed E-state index contributed by atoms with van der Waals surface area (Å²) in [6.07, 6.45) is -0.377. The monoisotopic (exact) mass is 548 g/mol. The summed E-state index contributed by atoms with van der Waals surface area (Å²) < 4.78 is 61.0. The van der Waals surface area contributed by atoms with E-state index in [1.165, 1.54) is 24.3 Å². The minimum Gasteiger partial charge on any atom is -0.381 e. The molecule has 2 atom stereocenters. The lowest BCUT2D eigenvalue weighted by Crippen LogP contribution is -2.45. The second kappa shape index (κ2) is 11.2. The molecule has 0 spiro atoms. The van der Waals surface area contributed by atoms with Crippen molar-refractivity contribution in [3.8, 4) is 0 Å². The number of hydrogen-bond acceptors (Lipinski definition) is 4. The Labute approximate surface area is 213 Å². The maximum atomic E-state index is 15.0. The van der Waals surface area contributed by atoms with Gasteiger partial charge in [0.2, 0.25) is 0 Å². The molecule has 0 N–H and O–H groups in total. The Morgan fingerprint density at radius 3 is 2.38 bits per heavy atom. The Hall–Kier alpha value is -1.26. The van der Waals surface area contributed by atoms with Gasteiger partial charge in [0.15, 0.2) is 9.84 Å². The van der Waals surface area contributed by atoms with Crippen LogP contribution in [-0.4, -0.2) is 35.5 Å². The second-order valence-electron chi connectivity index (χ2n) is 9.83. The summed E-state index contributed by atoms with van der Waals surface area (Å²) in [6, 6.07) is 9.30. The van der Waals surface area contributed by atoms with Crippen molar-refractivity contribution < 1.29 is 26.7 Å². The summed E-state index contributed by atoms with van der Waals surface area (Å²) in [5.41, 5.74) is -0.253. The molecular formula is C24H31ClF2O4S2Si. The van der Waals surface area contributed by atoms with E-state index < -0.39 is 40.2 Å². The maximum Gasteiger partial charge on any atom is 0.188 e. The van der Waals surface area contributed by atoms with Crippen LogP contribution in [0.1, 0.15) is 24.8 Å². The van der Waals surface area contributed by atoms with Crippen LogP contribution in [0, 0.1) is 17.6 Å². The van der Waals surface area contributed by atoms with Crippen LogP contribution in [0.3, 0.4) is 0 Å². The molecule has 2 aromatic rings. The smallest absolute Gasteiger partial charge is 0.188 e. The van der Waals surface area contributed by atoms with E-state index in [-0.39, 0.29) is 55.6 Å². The van der Waals surface area contributed by atoms with Gasteiger partial charge in [-0.3, -0.25) is 4.79 Å². The van der Waals surface area contributed by atoms with Crippen molar-refractivity contribution in [1.82, 2.24) is 0 Å². The number of sulfone groups is 1. The lowest BCUT2D eigenvalue weighted by molar-refractivity contribution is -0.127. The quantitative estimate of drug-likeness (QED) is 0.294. The number of halogens is 3. The zero-order valence-corrected chi connectivity index (χ0v) is 23.1. The zero-order valence-electron chi connectivity index (χ0n) is 19.5. The third-order valence-corrected chi connectivity index (χ3v) is 10.6. The SMILES string of the molecule is C[Si](C)(C)CCOC[C@@H]1C[C@](c2cc(F)ccc2F)(S(=O)(=O)c2ccc(Cl)cc2)CCC1=O.S. The molecule has 0 aromatic heterocycles. The average molecular weight is 549 g/mol. The van der Waals surface area contributed by atoms with E-state index >= 15 is 4.39 Å². The fourth-order valence-corrected chi connectivity index (χ4v) is 7.28. The molecule has 0 amide bonds. The Balaban J connectivity index is 0.00000408. The zero-order chi connectivity index (χ0) is 24.4. The number of carbonyl (C=O) groups excluding carboxylic acids is 1. The highest BCUT2D eigenvalue weighted by Gasteiger charge is 2.52. The lowest BCUT2D eigenvalue weighted by atomic mass is 9.76. The van der Waals surface area contributed by atoms with Crippen LogP contribution >= 0.6 is 25.1 Å². The van der Waals surface area contributed by atoms with Crippen molar-refractivity contribution in [3.05, 3.63) is 64.7 Å². The van der Waals surface area contributed by atoms with Gasteiger partial charge in [0.05, 0.1) is 11.5 Å². The molecule has 2 aromatic carbocycles. The van der Waals surface area contributed by atoms with E-state index in [0.717, 1.165) is 24.2 Å². The summed E-state index contributed by atoms with van der Waals surface area (Å²) in [5.74, 6) is -2.41. The van der Waals surface area contributed by atoms with Crippen LogP contribution in [0.25, 0.3) is 0 Å². The van der Waals surface area contributed by atoms with Gasteiger partial charge in [-0.15, -0.1) is 0 Å². The Kier molecular flexibility index (Phi) is 9.54. The molecule has 1 aliphatic rings. The first-order valence-corrected chi connectivity index (χ1v) is 16.5. The predicted octanol–water partition coefficient (Wildman–Crippen LogP) is 6.12. The van der Waals surface area contributed by atoms with Gasteiger partial charge in [-0.25, -0.2) is 17.2 Å². The average Bonchev–Trinajstić information content (AvgIpc) is 2.74. The third kappa shape index (κ3) is 6.29. The van der Waals surface area contributed by atoms with Crippen LogP contribution in [0.2, 0.25) is 30.7 Å². The summed E-state index contributed by atoms with van der Waals surface area (Å²) in [6.45, 7) is 7.15. The van der Waals surface area contributed by atoms with Gasteiger partial charge in [-0.1, -0.05) is 31.2 Å². The number of ketones is 1. The molecule has 4 nitrogen and oxygen atoms in total. The second-order valence-corrected chi connectivity index (χ2v) is 18.1. The first kappa shape index (κ1) is 29.0. The first-order chi connectivity index (χ1) is 15.4. The van der Waals surface area contributed by atoms with Crippen molar-refractivity contribution in [2.24, 2.45) is 5.92 Å². The topological polar surface area (TPSA) is 60.4 Å². The molecule has 1 fully saturated rings. The van der Waals surface area contributed by atoms with E-state index in [9.17, 15) is 17.6 Å². The highest BCUT2D eigenvalue weighted by Crippen LogP contribution is 2.49. The number of ether oxygens (including phenoxy) is 1. The summed E-state index contributed by atoms with van der Waals surface area (Å²) in [7, 11) is -5.55. The van der Waals surface area contributed by atoms with Crippen LogP contribution in [0.4, 0.5) is 8.78 Å². The van der Waals surface area contributed by atoms with Crippen molar-refractivity contribution >= 4 is 48.8 Å². The van der Waals surface area contributed by atoms with E-state index in [4.69, 9.17) is 16.3 Å². The Morgan fingerprint density at radius 1 is 1.12 bits per heavy atom. The molecule has 10 heteroatoms. The Bertz CT molecular complexity index is 1120. The van der Waals surface area contributed by atoms with Gasteiger partial charge in [-0.05, 0) is 61.4 Å². The molecule has 0 unspecified atom stereocenters. The molecule has 0 heterocycles. The molecule has 0 aliphatic heterocycles. The highest BCUT2D eigenvalue weighted by atomic mass is 35.5. The Morgan fingerprint density at radius 2 is 1.76 bits per heavy atom. The van der Waals surface area contributed by atoms with Gasteiger partial charge < -0.3 is 4.74 Å². The summed E-state index contributed by atoms with van der Waals surface area (Å²) in [5, 5.41) is 0.354. The molecular weight excluding hydrogens is 518 g/mol. The van der Waals surface area contributed by atoms with Gasteiger partial charge >= 0.3 is 0 Å². The normalized spacial score (nSPS) is 21.2. The maximum absolute atomic E-state index is 15.0. The number of benzene rings is 2. The standard InChI is InChI=1S/C24H29ClF2O4SSi.H2S/c1-33(2,3)13-12-31-16-17-15-24(11-10-23(17)28,21-14-19(26)6-9-22(21)27)32(29,30)20-7-4-18(25)5-8-20;/h4-9,14,17H,10-13,15-16H2,1-3H3;1H2/t17-,24+;/m0./s1. The van der Waals surface area contributed by atoms with E-state index in [1.54, 1.807) is 0 Å². The van der Waals surface area contributed by atoms with Crippen LogP contribution in [-0.2, 0) is 24.1 Å². The summed E-state index contributed by atoms with van der Waals surface area (Å²) in [4.78, 5) is 12.7. The molecule has 0 bridgehead atoms. The fourth-order valence-electron chi connectivity index (χ4n) is 4.22. The van der Waals surface area contributed by atoms with Crippen LogP contribution in [0.5, 0.6) is 0 Å². The van der Waals surface area contributed by atoms with Crippen LogP contribution in [0.15, 0.2) is 47.4 Å². The van der Waals surface area contributed by atoms with Gasteiger partial charge in [0, 0.05) is 37.6 Å². The van der Waals surface area contributed by atoms with Crippen molar-refractivity contribution in [1.29, 1.82) is 0 Å². The number of hydrogen-bond donors (Lipinski definition) is 0. The van der Waals surface area contributed by atoms with Crippen molar-refractivity contribution in [3.63, 3.8) is 0 Å². The summed E-state index contributed by atoms with van der Waals surface area (Å²) >= 11 is 5.93. The predicted molar refractivity (Wildman–Crippen MR) is 138 cm³/mol. The molecule has 1 saturated carbocycles. The molecule has 3 rings (SSSR count). The molecule has 1 aliphatic carbocycles. The number of rotatable bonds is 8. The van der Waals surface area contributed by atoms with Crippen molar-refractivity contribution in [2.75, 3.05) is 13.2 Å². The lowest BCUT2D eigenvalue weighted by Gasteiger charge is -2.40. The van der Waals surface area contributed by atoms with E-state index in [1.807, 2.05) is 0 Å². The first-order valence-electron chi connectivity index (χ1n) is 10.9. The minimum absolute atomic E-state index is 0. The van der Waals surface area contributed by atoms with E-state index in [0.29, 0.717) is 11.6 Å². The molecule has 0 radical (unpaired) electrons. The molecule has 188 valence electrons. The molecule has 0 saturated heterocycles. The van der Waals surface area contributed by atoms with Crippen molar-refractivity contribution in [2.45, 2.75) is 54.6 Å². The third-order valence-electron chi connectivity index (χ3n) is 6.18. The largest absolute Gasteiger partial charge is 0.381 e. The minimum atomic E-state index is -4.21. The van der Waals surface area contributed by atoms with E-state index in [2.05, 4.69) is 19.6 Å². The molecule has 34 heavy (non-hydrogen) atoms. The highest BCUT2D eigenvalue weighted by molar-refractivity contribution is 7.92. The van der Waals surface area contributed by atoms with Gasteiger partial charge in [0.1, 0.15) is 22.2 Å².